The van der Waals surface area contributed by atoms with Crippen LogP contribution >= 0.6 is 0 Å². The molecule has 1 amide bonds. The Morgan fingerprint density at radius 2 is 2.12 bits per heavy atom. The highest BCUT2D eigenvalue weighted by Gasteiger charge is 2.32. The largest absolute Gasteiger partial charge is 0.361 e. The van der Waals surface area contributed by atoms with Crippen molar-refractivity contribution in [3.05, 3.63) is 46.9 Å². The molecule has 3 aromatic heterocycles. The molecule has 0 unspecified atom stereocenters. The third-order valence-electron chi connectivity index (χ3n) is 4.94. The van der Waals surface area contributed by atoms with Crippen LogP contribution in [0.3, 0.4) is 0 Å². The van der Waals surface area contributed by atoms with Crippen molar-refractivity contribution >= 4 is 11.7 Å². The zero-order valence-corrected chi connectivity index (χ0v) is 14.7. The van der Waals surface area contributed by atoms with Crippen LogP contribution < -0.4 is 0 Å². The molecule has 4 rings (SSSR count). The fourth-order valence-electron chi connectivity index (χ4n) is 3.67. The van der Waals surface area contributed by atoms with Crippen molar-refractivity contribution in [2.45, 2.75) is 46.1 Å². The number of imidazole rings is 1. The number of rotatable bonds is 2. The Morgan fingerprint density at radius 3 is 2.88 bits per heavy atom. The van der Waals surface area contributed by atoms with Gasteiger partial charge in [0, 0.05) is 24.6 Å². The second-order valence-corrected chi connectivity index (χ2v) is 6.63. The van der Waals surface area contributed by atoms with Gasteiger partial charge in [0.15, 0.2) is 0 Å². The van der Waals surface area contributed by atoms with E-state index >= 15 is 0 Å². The topological polar surface area (TPSA) is 76.5 Å². The van der Waals surface area contributed by atoms with Crippen molar-refractivity contribution in [2.24, 2.45) is 0 Å². The molecule has 0 spiro atoms. The minimum absolute atomic E-state index is 0.0244. The molecule has 1 fully saturated rings. The van der Waals surface area contributed by atoms with Crippen LogP contribution in [0.1, 0.15) is 58.5 Å². The molecule has 0 radical (unpaired) electrons. The van der Waals surface area contributed by atoms with Gasteiger partial charge in [-0.3, -0.25) is 9.20 Å². The Bertz CT molecular complexity index is 923. The number of fused-ring (bicyclic) bond motifs is 1. The Labute approximate surface area is 145 Å². The minimum atomic E-state index is -0.0460. The van der Waals surface area contributed by atoms with Crippen molar-refractivity contribution in [3.8, 4) is 0 Å². The van der Waals surface area contributed by atoms with Crippen LogP contribution in [0.25, 0.3) is 5.78 Å². The molecule has 25 heavy (non-hydrogen) atoms. The number of likely N-dealkylation sites (tertiary alicyclic amines) is 1. The van der Waals surface area contributed by atoms with E-state index in [2.05, 4.69) is 16.2 Å². The van der Waals surface area contributed by atoms with Crippen LogP contribution in [0.15, 0.2) is 23.0 Å². The Kier molecular flexibility index (Phi) is 3.78. The van der Waals surface area contributed by atoms with Crippen molar-refractivity contribution in [3.63, 3.8) is 0 Å². The summed E-state index contributed by atoms with van der Waals surface area (Å²) in [5.74, 6) is 1.22. The SMILES string of the molecule is Cc1noc(C)c1C(=O)N1CCCC[C@H]1c1cc(C)n2ccnc2n1. The predicted molar refractivity (Wildman–Crippen MR) is 91.3 cm³/mol. The second kappa shape index (κ2) is 5.98. The van der Waals surface area contributed by atoms with Crippen LogP contribution in [0.4, 0.5) is 0 Å². The molecular formula is C18H21N5O2. The fourth-order valence-corrected chi connectivity index (χ4v) is 3.67. The number of aryl methyl sites for hydroxylation is 3. The summed E-state index contributed by atoms with van der Waals surface area (Å²) in [6.07, 6.45) is 6.62. The molecule has 0 aliphatic carbocycles. The van der Waals surface area contributed by atoms with Gasteiger partial charge in [0.05, 0.1) is 17.4 Å². The van der Waals surface area contributed by atoms with Crippen LogP contribution in [0, 0.1) is 20.8 Å². The van der Waals surface area contributed by atoms with Gasteiger partial charge < -0.3 is 9.42 Å². The quantitative estimate of drug-likeness (QED) is 0.717. The summed E-state index contributed by atoms with van der Waals surface area (Å²) in [6.45, 7) is 6.34. The maximum absolute atomic E-state index is 13.2. The van der Waals surface area contributed by atoms with Gasteiger partial charge in [-0.1, -0.05) is 5.16 Å². The Balaban J connectivity index is 1.74. The van der Waals surface area contributed by atoms with Crippen molar-refractivity contribution in [1.82, 2.24) is 24.4 Å². The number of amides is 1. The highest BCUT2D eigenvalue weighted by Crippen LogP contribution is 2.32. The van der Waals surface area contributed by atoms with E-state index in [1.807, 2.05) is 29.3 Å². The number of piperidine rings is 1. The third-order valence-corrected chi connectivity index (χ3v) is 4.94. The summed E-state index contributed by atoms with van der Waals surface area (Å²) in [5, 5.41) is 3.93. The molecule has 130 valence electrons. The van der Waals surface area contributed by atoms with E-state index in [1.165, 1.54) is 0 Å². The molecule has 7 nitrogen and oxygen atoms in total. The number of carbonyl (C=O) groups excluding carboxylic acids is 1. The van der Waals surface area contributed by atoms with Gasteiger partial charge in [0.1, 0.15) is 11.3 Å². The smallest absolute Gasteiger partial charge is 0.259 e. The molecule has 0 bridgehead atoms. The maximum Gasteiger partial charge on any atom is 0.259 e. The van der Waals surface area contributed by atoms with Gasteiger partial charge in [-0.05, 0) is 46.1 Å². The first-order valence-corrected chi connectivity index (χ1v) is 8.60. The van der Waals surface area contributed by atoms with E-state index in [9.17, 15) is 4.79 Å². The molecule has 1 aliphatic heterocycles. The zero-order valence-electron chi connectivity index (χ0n) is 14.7. The first-order valence-electron chi connectivity index (χ1n) is 8.60. The number of hydrogen-bond donors (Lipinski definition) is 0. The van der Waals surface area contributed by atoms with E-state index in [1.54, 1.807) is 13.1 Å². The summed E-state index contributed by atoms with van der Waals surface area (Å²) in [5.41, 5.74) is 3.18. The van der Waals surface area contributed by atoms with Gasteiger partial charge in [-0.2, -0.15) is 0 Å². The summed E-state index contributed by atoms with van der Waals surface area (Å²) in [6, 6.07) is 2.01. The summed E-state index contributed by atoms with van der Waals surface area (Å²) in [7, 11) is 0. The highest BCUT2D eigenvalue weighted by molar-refractivity contribution is 5.96. The minimum Gasteiger partial charge on any atom is -0.361 e. The average Bonchev–Trinajstić information content (AvgIpc) is 3.21. The summed E-state index contributed by atoms with van der Waals surface area (Å²) >= 11 is 0. The first-order chi connectivity index (χ1) is 12.1. The molecule has 1 aliphatic rings. The molecule has 7 heteroatoms. The lowest BCUT2D eigenvalue weighted by Gasteiger charge is -2.35. The monoisotopic (exact) mass is 339 g/mol. The van der Waals surface area contributed by atoms with E-state index in [0.717, 1.165) is 30.7 Å². The van der Waals surface area contributed by atoms with Gasteiger partial charge >= 0.3 is 0 Å². The van der Waals surface area contributed by atoms with E-state index in [4.69, 9.17) is 9.51 Å². The lowest BCUT2D eigenvalue weighted by molar-refractivity contribution is 0.0603. The number of hydrogen-bond acceptors (Lipinski definition) is 5. The molecule has 0 aromatic carbocycles. The second-order valence-electron chi connectivity index (χ2n) is 6.63. The normalized spacial score (nSPS) is 18.0. The van der Waals surface area contributed by atoms with Crippen LogP contribution in [-0.4, -0.2) is 36.9 Å². The third kappa shape index (κ3) is 2.59. The molecule has 4 heterocycles. The highest BCUT2D eigenvalue weighted by atomic mass is 16.5. The van der Waals surface area contributed by atoms with Crippen molar-refractivity contribution < 1.29 is 9.32 Å². The van der Waals surface area contributed by atoms with E-state index in [-0.39, 0.29) is 11.9 Å². The van der Waals surface area contributed by atoms with Gasteiger partial charge in [-0.25, -0.2) is 9.97 Å². The zero-order chi connectivity index (χ0) is 17.6. The van der Waals surface area contributed by atoms with Gasteiger partial charge in [-0.15, -0.1) is 0 Å². The number of carbonyl (C=O) groups is 1. The molecule has 3 aromatic rings. The molecule has 1 saturated heterocycles. The van der Waals surface area contributed by atoms with Crippen molar-refractivity contribution in [2.75, 3.05) is 6.54 Å². The van der Waals surface area contributed by atoms with Crippen LogP contribution in [0.5, 0.6) is 0 Å². The van der Waals surface area contributed by atoms with Crippen molar-refractivity contribution in [1.29, 1.82) is 0 Å². The summed E-state index contributed by atoms with van der Waals surface area (Å²) in [4.78, 5) is 24.1. The Morgan fingerprint density at radius 1 is 1.28 bits per heavy atom. The molecular weight excluding hydrogens is 318 g/mol. The lowest BCUT2D eigenvalue weighted by Crippen LogP contribution is -2.39. The molecule has 0 saturated carbocycles. The fraction of sp³-hybridized carbons (Fsp3) is 0.444. The lowest BCUT2D eigenvalue weighted by atomic mass is 9.97. The predicted octanol–water partition coefficient (Wildman–Crippen LogP) is 3.01. The number of nitrogens with zero attached hydrogens (tertiary/aromatic N) is 5. The number of aromatic nitrogens is 4. The van der Waals surface area contributed by atoms with Crippen LogP contribution in [0.2, 0.25) is 0 Å². The maximum atomic E-state index is 13.2. The van der Waals surface area contributed by atoms with E-state index in [0.29, 0.717) is 29.3 Å². The summed E-state index contributed by atoms with van der Waals surface area (Å²) < 4.78 is 7.14. The Hall–Kier alpha value is -2.70. The molecule has 1 atom stereocenters. The van der Waals surface area contributed by atoms with Gasteiger partial charge in [0.2, 0.25) is 5.78 Å². The standard InChI is InChI=1S/C18H21N5O2/c1-11-10-14(20-18-19-7-9-22(11)18)15-6-4-5-8-23(15)17(24)16-12(2)21-25-13(16)3/h7,9-10,15H,4-6,8H2,1-3H3/t15-/m0/s1. The van der Waals surface area contributed by atoms with E-state index < -0.39 is 0 Å². The van der Waals surface area contributed by atoms with Crippen LogP contribution in [-0.2, 0) is 0 Å². The first kappa shape index (κ1) is 15.8. The average molecular weight is 339 g/mol. The van der Waals surface area contributed by atoms with Gasteiger partial charge in [0.25, 0.3) is 5.91 Å². The molecule has 0 N–H and O–H groups in total.